The molecule has 0 aromatic carbocycles. The quantitative estimate of drug-likeness (QED) is 0.0197. The number of aliphatic hydroxyl groups is 1. The molecule has 0 rings (SSSR count). The lowest BCUT2D eigenvalue weighted by Gasteiger charge is -2.21. The van der Waals surface area contributed by atoms with E-state index in [4.69, 9.17) is 23.3 Å². The summed E-state index contributed by atoms with van der Waals surface area (Å²) in [7, 11) is -4.76. The maximum Gasteiger partial charge on any atom is 0.472 e. The zero-order chi connectivity index (χ0) is 56.9. The molecule has 0 amide bonds. The van der Waals surface area contributed by atoms with Gasteiger partial charge >= 0.3 is 25.7 Å². The molecule has 0 bridgehead atoms. The van der Waals surface area contributed by atoms with E-state index in [1.54, 1.807) is 0 Å². The minimum absolute atomic E-state index is 0.152. The van der Waals surface area contributed by atoms with E-state index in [9.17, 15) is 28.9 Å². The van der Waals surface area contributed by atoms with Crippen LogP contribution in [0.2, 0.25) is 0 Å². The van der Waals surface area contributed by atoms with Crippen molar-refractivity contribution in [3.05, 3.63) is 72.9 Å². The van der Waals surface area contributed by atoms with E-state index in [0.29, 0.717) is 19.3 Å². The van der Waals surface area contributed by atoms with Gasteiger partial charge in [-0.3, -0.25) is 23.4 Å². The Bertz CT molecular complexity index is 1590. The van der Waals surface area contributed by atoms with Crippen LogP contribution in [0.3, 0.4) is 0 Å². The summed E-state index contributed by atoms with van der Waals surface area (Å²) in [5.74, 6) is -1.47. The first-order valence-electron chi connectivity index (χ1n) is 31.8. The average molecular weight is 1120 g/mol. The minimum atomic E-state index is -4.76. The first-order valence-corrected chi connectivity index (χ1v) is 33.3. The molecule has 0 aromatic heterocycles. The highest BCUT2D eigenvalue weighted by atomic mass is 31.2. The second kappa shape index (κ2) is 60.0. The molecule has 0 saturated carbocycles. The highest BCUT2D eigenvalue weighted by molar-refractivity contribution is 7.47. The monoisotopic (exact) mass is 1120 g/mol. The van der Waals surface area contributed by atoms with Crippen LogP contribution in [-0.2, 0) is 42.2 Å². The van der Waals surface area contributed by atoms with Gasteiger partial charge in [-0.15, -0.1) is 0 Å². The van der Waals surface area contributed by atoms with Crippen molar-refractivity contribution in [2.75, 3.05) is 26.4 Å². The number of rotatable bonds is 59. The number of phosphoric ester groups is 1. The Morgan fingerprint density at radius 1 is 0.372 bits per heavy atom. The molecule has 3 atom stereocenters. The van der Waals surface area contributed by atoms with Gasteiger partial charge in [-0.1, -0.05) is 254 Å². The highest BCUT2D eigenvalue weighted by Crippen LogP contribution is 2.43. The fourth-order valence-electron chi connectivity index (χ4n) is 8.79. The molecule has 11 nitrogen and oxygen atoms in total. The Morgan fingerprint density at radius 2 is 0.667 bits per heavy atom. The van der Waals surface area contributed by atoms with E-state index < -0.39 is 57.8 Å². The average Bonchev–Trinajstić information content (AvgIpc) is 3.43. The van der Waals surface area contributed by atoms with Gasteiger partial charge in [0, 0.05) is 19.3 Å². The van der Waals surface area contributed by atoms with Crippen LogP contribution < -0.4 is 0 Å². The molecule has 0 spiro atoms. The number of hydrogen-bond donors (Lipinski definition) is 2. The van der Waals surface area contributed by atoms with Crippen molar-refractivity contribution in [2.24, 2.45) is 0 Å². The van der Waals surface area contributed by atoms with Crippen LogP contribution in [0.4, 0.5) is 0 Å². The van der Waals surface area contributed by atoms with Crippen LogP contribution in [-0.4, -0.2) is 66.5 Å². The van der Waals surface area contributed by atoms with Gasteiger partial charge < -0.3 is 24.2 Å². The van der Waals surface area contributed by atoms with Crippen LogP contribution >= 0.6 is 7.82 Å². The van der Waals surface area contributed by atoms with Gasteiger partial charge in [-0.25, -0.2) is 4.57 Å². The van der Waals surface area contributed by atoms with Gasteiger partial charge in [0.15, 0.2) is 6.10 Å². The van der Waals surface area contributed by atoms with E-state index in [0.717, 1.165) is 116 Å². The van der Waals surface area contributed by atoms with Crippen LogP contribution in [0.25, 0.3) is 0 Å². The Hall–Kier alpha value is -3.08. The fourth-order valence-corrected chi connectivity index (χ4v) is 9.57. The summed E-state index contributed by atoms with van der Waals surface area (Å²) in [5, 5.41) is 9.85. The number of esters is 3. The third kappa shape index (κ3) is 57.6. The number of aliphatic hydroxyl groups excluding tert-OH is 1. The number of hydrogen-bond acceptors (Lipinski definition) is 10. The van der Waals surface area contributed by atoms with Gasteiger partial charge in [-0.2, -0.15) is 0 Å². The SMILES string of the molecule is CC/C=C\C/C=C\C/C=C\C/C=C\CCCCCCCCC(=O)OC(COC(=O)CCCCCCCCCCCCCCC)COP(=O)(O)OCC(CO)OC(=O)CCCCCCCCCCC/C=C\C/C=C\CCCCC. The van der Waals surface area contributed by atoms with E-state index in [2.05, 4.69) is 93.7 Å². The minimum Gasteiger partial charge on any atom is -0.462 e. The van der Waals surface area contributed by atoms with Crippen molar-refractivity contribution < 1.29 is 52.2 Å². The Balaban J connectivity index is 4.67. The summed E-state index contributed by atoms with van der Waals surface area (Å²) >= 11 is 0. The van der Waals surface area contributed by atoms with Gasteiger partial charge in [-0.05, 0) is 89.9 Å². The summed E-state index contributed by atoms with van der Waals surface area (Å²) in [4.78, 5) is 48.7. The smallest absolute Gasteiger partial charge is 0.462 e. The molecule has 78 heavy (non-hydrogen) atoms. The first kappa shape index (κ1) is 74.9. The molecule has 0 aliphatic carbocycles. The van der Waals surface area contributed by atoms with E-state index >= 15 is 0 Å². The summed E-state index contributed by atoms with van der Waals surface area (Å²) < 4.78 is 39.7. The molecular formula is C66H117O11P. The molecule has 0 aliphatic heterocycles. The van der Waals surface area contributed by atoms with Crippen LogP contribution in [0.15, 0.2) is 72.9 Å². The number of carbonyl (C=O) groups is 3. The molecule has 12 heteroatoms. The second-order valence-electron chi connectivity index (χ2n) is 21.2. The zero-order valence-corrected chi connectivity index (χ0v) is 51.0. The lowest BCUT2D eigenvalue weighted by molar-refractivity contribution is -0.161. The largest absolute Gasteiger partial charge is 0.472 e. The second-order valence-corrected chi connectivity index (χ2v) is 22.7. The molecular weight excluding hydrogens is 1000 g/mol. The summed E-state index contributed by atoms with van der Waals surface area (Å²) in [6.45, 7) is 4.53. The Labute approximate surface area is 478 Å². The van der Waals surface area contributed by atoms with Crippen molar-refractivity contribution in [2.45, 2.75) is 303 Å². The van der Waals surface area contributed by atoms with Crippen LogP contribution in [0, 0.1) is 0 Å². The third-order valence-corrected chi connectivity index (χ3v) is 14.6. The molecule has 0 heterocycles. The van der Waals surface area contributed by atoms with Crippen molar-refractivity contribution in [3.8, 4) is 0 Å². The predicted molar refractivity (Wildman–Crippen MR) is 325 cm³/mol. The third-order valence-electron chi connectivity index (χ3n) is 13.6. The van der Waals surface area contributed by atoms with Crippen molar-refractivity contribution in [1.29, 1.82) is 0 Å². The highest BCUT2D eigenvalue weighted by Gasteiger charge is 2.28. The van der Waals surface area contributed by atoms with Crippen LogP contribution in [0.1, 0.15) is 290 Å². The Kier molecular flexibility index (Phi) is 57.7. The topological polar surface area (TPSA) is 155 Å². The molecule has 0 aromatic rings. The predicted octanol–water partition coefficient (Wildman–Crippen LogP) is 19.3. The lowest BCUT2D eigenvalue weighted by atomic mass is 10.0. The fraction of sp³-hybridized carbons (Fsp3) is 0.773. The lowest BCUT2D eigenvalue weighted by Crippen LogP contribution is -2.30. The normalized spacial score (nSPS) is 13.8. The van der Waals surface area contributed by atoms with Gasteiger partial charge in [0.1, 0.15) is 12.7 Å². The molecule has 2 N–H and O–H groups in total. The molecule has 452 valence electrons. The van der Waals surface area contributed by atoms with E-state index in [1.807, 2.05) is 0 Å². The van der Waals surface area contributed by atoms with E-state index in [1.165, 1.54) is 116 Å². The number of ether oxygens (including phenoxy) is 3. The zero-order valence-electron chi connectivity index (χ0n) is 50.1. The van der Waals surface area contributed by atoms with Gasteiger partial charge in [0.25, 0.3) is 0 Å². The summed E-state index contributed by atoms with van der Waals surface area (Å²) in [6.07, 6.45) is 68.5. The van der Waals surface area contributed by atoms with E-state index in [-0.39, 0.29) is 25.9 Å². The van der Waals surface area contributed by atoms with Crippen LogP contribution in [0.5, 0.6) is 0 Å². The summed E-state index contributed by atoms with van der Waals surface area (Å²) in [6, 6.07) is 0. The number of phosphoric acid groups is 1. The van der Waals surface area contributed by atoms with Crippen molar-refractivity contribution >= 4 is 25.7 Å². The maximum absolute atomic E-state index is 12.9. The summed E-state index contributed by atoms with van der Waals surface area (Å²) in [5.41, 5.74) is 0. The molecule has 3 unspecified atom stereocenters. The van der Waals surface area contributed by atoms with Crippen molar-refractivity contribution in [3.63, 3.8) is 0 Å². The maximum atomic E-state index is 12.9. The molecule has 0 radical (unpaired) electrons. The van der Waals surface area contributed by atoms with Gasteiger partial charge in [0.05, 0.1) is 19.8 Å². The molecule has 0 aliphatic rings. The first-order chi connectivity index (χ1) is 38.2. The van der Waals surface area contributed by atoms with Crippen molar-refractivity contribution in [1.82, 2.24) is 0 Å². The molecule has 0 saturated heterocycles. The number of allylic oxidation sites excluding steroid dienone is 12. The van der Waals surface area contributed by atoms with Gasteiger partial charge in [0.2, 0.25) is 0 Å². The Morgan fingerprint density at radius 3 is 1.05 bits per heavy atom. The molecule has 0 fully saturated rings. The standard InChI is InChI=1S/C66H117O11P/c1-4-7-10-13-16-19-22-25-27-29-31-33-35-38-41-44-47-50-53-56-65(69)76-62(58-67)60-74-78(71,72)75-61-63(59-73-64(68)55-52-49-46-43-40-37-24-21-18-15-12-9-6-3)77-66(70)57-54-51-48-45-42-39-36-34-32-30-28-26-23-20-17-14-11-8-5-2/h8,11,16-17,19-20,25-28,32,34,62-63,67H,4-7,9-10,12-15,18,21-24,29-31,33,35-61H2,1-3H3,(H,71,72)/b11-8-,19-16-,20-17-,27-25-,28-26-,34-32-. The number of carbonyl (C=O) groups excluding carboxylic acids is 3. The number of unbranched alkanes of at least 4 members (excludes halogenated alkanes) is 30.